The molecule has 0 saturated heterocycles. The van der Waals surface area contributed by atoms with Gasteiger partial charge in [-0.1, -0.05) is 6.92 Å². The summed E-state index contributed by atoms with van der Waals surface area (Å²) >= 11 is 0. The third kappa shape index (κ3) is 3.26. The van der Waals surface area contributed by atoms with Gasteiger partial charge in [-0.05, 0) is 38.1 Å². The van der Waals surface area contributed by atoms with Crippen LogP contribution in [-0.4, -0.2) is 28.1 Å². The summed E-state index contributed by atoms with van der Waals surface area (Å²) in [5.74, 6) is -2.29. The van der Waals surface area contributed by atoms with Crippen LogP contribution in [0.15, 0.2) is 18.2 Å². The first kappa shape index (κ1) is 14.6. The van der Waals surface area contributed by atoms with Gasteiger partial charge in [-0.25, -0.2) is 8.78 Å². The van der Waals surface area contributed by atoms with Crippen LogP contribution < -0.4 is 0 Å². The molecule has 0 bridgehead atoms. The van der Waals surface area contributed by atoms with Gasteiger partial charge in [0.05, 0.1) is 0 Å². The second kappa shape index (κ2) is 5.44. The Balaban J connectivity index is 2.96. The van der Waals surface area contributed by atoms with E-state index in [2.05, 4.69) is 0 Å². The van der Waals surface area contributed by atoms with Crippen molar-refractivity contribution in [3.63, 3.8) is 0 Å². The van der Waals surface area contributed by atoms with Gasteiger partial charge in [0.15, 0.2) is 0 Å². The lowest BCUT2D eigenvalue weighted by Crippen LogP contribution is -2.49. The van der Waals surface area contributed by atoms with Crippen LogP contribution in [0.25, 0.3) is 0 Å². The van der Waals surface area contributed by atoms with Crippen molar-refractivity contribution in [3.05, 3.63) is 35.4 Å². The standard InChI is InChI=1S/C13H17F2NO2/c1-4-16(13(2,3)12(17)18)8-9-5-10(14)7-11(15)6-9/h5-7H,4,8H2,1-3H3,(H,17,18). The molecule has 100 valence electrons. The van der Waals surface area contributed by atoms with Crippen LogP contribution in [0.2, 0.25) is 0 Å². The van der Waals surface area contributed by atoms with E-state index in [9.17, 15) is 13.6 Å². The maximum absolute atomic E-state index is 13.1. The second-order valence-corrected chi connectivity index (χ2v) is 4.66. The summed E-state index contributed by atoms with van der Waals surface area (Å²) < 4.78 is 26.1. The zero-order valence-corrected chi connectivity index (χ0v) is 10.7. The molecule has 0 aliphatic heterocycles. The van der Waals surface area contributed by atoms with Crippen molar-refractivity contribution in [1.29, 1.82) is 0 Å². The number of halogens is 2. The largest absolute Gasteiger partial charge is 0.480 e. The van der Waals surface area contributed by atoms with Gasteiger partial charge in [0.1, 0.15) is 17.2 Å². The number of carboxylic acid groups (broad SMARTS) is 1. The topological polar surface area (TPSA) is 40.5 Å². The molecular weight excluding hydrogens is 240 g/mol. The second-order valence-electron chi connectivity index (χ2n) is 4.66. The molecule has 0 aromatic heterocycles. The Labute approximate surface area is 105 Å². The lowest BCUT2D eigenvalue weighted by atomic mass is 10.0. The van der Waals surface area contributed by atoms with Crippen LogP contribution >= 0.6 is 0 Å². The summed E-state index contributed by atoms with van der Waals surface area (Å²) in [5.41, 5.74) is -0.666. The van der Waals surface area contributed by atoms with Crippen LogP contribution in [0.3, 0.4) is 0 Å². The minimum atomic E-state index is -1.09. The van der Waals surface area contributed by atoms with Gasteiger partial charge in [0, 0.05) is 12.6 Å². The molecule has 3 nitrogen and oxygen atoms in total. The highest BCUT2D eigenvalue weighted by atomic mass is 19.1. The molecule has 1 aromatic rings. The zero-order chi connectivity index (χ0) is 13.9. The first-order valence-electron chi connectivity index (χ1n) is 5.70. The van der Waals surface area contributed by atoms with Gasteiger partial charge in [-0.2, -0.15) is 0 Å². The van der Waals surface area contributed by atoms with Crippen LogP contribution in [0.4, 0.5) is 8.78 Å². The number of aliphatic carboxylic acids is 1. The Kier molecular flexibility index (Phi) is 4.40. The van der Waals surface area contributed by atoms with Crippen LogP contribution in [0.5, 0.6) is 0 Å². The molecule has 0 unspecified atom stereocenters. The van der Waals surface area contributed by atoms with E-state index in [1.807, 2.05) is 0 Å². The molecule has 0 heterocycles. The quantitative estimate of drug-likeness (QED) is 0.881. The molecule has 0 aliphatic rings. The summed E-state index contributed by atoms with van der Waals surface area (Å²) in [6.45, 7) is 5.59. The molecule has 1 aromatic carbocycles. The van der Waals surface area contributed by atoms with Crippen molar-refractivity contribution in [2.24, 2.45) is 0 Å². The fourth-order valence-electron chi connectivity index (χ4n) is 1.76. The number of carbonyl (C=O) groups is 1. The average molecular weight is 257 g/mol. The van der Waals surface area contributed by atoms with Crippen LogP contribution in [0, 0.1) is 11.6 Å². The summed E-state index contributed by atoms with van der Waals surface area (Å²) in [6.07, 6.45) is 0. The monoisotopic (exact) mass is 257 g/mol. The van der Waals surface area contributed by atoms with E-state index in [4.69, 9.17) is 5.11 Å². The van der Waals surface area contributed by atoms with Gasteiger partial charge < -0.3 is 5.11 Å². The third-order valence-corrected chi connectivity index (χ3v) is 2.99. The maximum Gasteiger partial charge on any atom is 0.323 e. The van der Waals surface area contributed by atoms with E-state index >= 15 is 0 Å². The van der Waals surface area contributed by atoms with Crippen LogP contribution in [0.1, 0.15) is 26.3 Å². The Hall–Kier alpha value is -1.49. The first-order chi connectivity index (χ1) is 8.27. The molecule has 5 heteroatoms. The van der Waals surface area contributed by atoms with E-state index in [1.165, 1.54) is 12.1 Å². The van der Waals surface area contributed by atoms with Gasteiger partial charge in [0.25, 0.3) is 0 Å². The van der Waals surface area contributed by atoms with Crippen LogP contribution in [-0.2, 0) is 11.3 Å². The smallest absolute Gasteiger partial charge is 0.323 e. The lowest BCUT2D eigenvalue weighted by Gasteiger charge is -2.34. The highest BCUT2D eigenvalue weighted by Crippen LogP contribution is 2.19. The summed E-state index contributed by atoms with van der Waals surface area (Å²) in [5, 5.41) is 9.14. The molecule has 0 amide bonds. The fraction of sp³-hybridized carbons (Fsp3) is 0.462. The number of likely N-dealkylation sites (N-methyl/N-ethyl adjacent to an activating group) is 1. The maximum atomic E-state index is 13.1. The summed E-state index contributed by atoms with van der Waals surface area (Å²) in [6, 6.07) is 3.22. The van der Waals surface area contributed by atoms with Gasteiger partial charge >= 0.3 is 5.97 Å². The molecule has 18 heavy (non-hydrogen) atoms. The molecule has 0 aliphatic carbocycles. The number of hydrogen-bond acceptors (Lipinski definition) is 2. The molecule has 1 rings (SSSR count). The minimum absolute atomic E-state index is 0.185. The van der Waals surface area contributed by atoms with E-state index < -0.39 is 23.1 Å². The van der Waals surface area contributed by atoms with E-state index in [1.54, 1.807) is 25.7 Å². The first-order valence-corrected chi connectivity index (χ1v) is 5.70. The number of benzene rings is 1. The molecule has 1 N–H and O–H groups in total. The molecule has 0 spiro atoms. The summed E-state index contributed by atoms with van der Waals surface area (Å²) in [7, 11) is 0. The Morgan fingerprint density at radius 1 is 1.28 bits per heavy atom. The number of rotatable bonds is 5. The highest BCUT2D eigenvalue weighted by molar-refractivity contribution is 5.77. The Morgan fingerprint density at radius 3 is 2.17 bits per heavy atom. The van der Waals surface area contributed by atoms with Crippen molar-refractivity contribution < 1.29 is 18.7 Å². The number of hydrogen-bond donors (Lipinski definition) is 1. The average Bonchev–Trinajstić information content (AvgIpc) is 2.24. The summed E-state index contributed by atoms with van der Waals surface area (Å²) in [4.78, 5) is 12.8. The normalized spacial score (nSPS) is 11.9. The predicted octanol–water partition coefficient (Wildman–Crippen LogP) is 2.65. The van der Waals surface area contributed by atoms with E-state index in [-0.39, 0.29) is 6.54 Å². The van der Waals surface area contributed by atoms with E-state index in [0.717, 1.165) is 6.07 Å². The molecule has 0 atom stereocenters. The van der Waals surface area contributed by atoms with Crippen molar-refractivity contribution in [2.75, 3.05) is 6.54 Å². The highest BCUT2D eigenvalue weighted by Gasteiger charge is 2.33. The van der Waals surface area contributed by atoms with Crippen molar-refractivity contribution in [2.45, 2.75) is 32.9 Å². The molecule has 0 fully saturated rings. The van der Waals surface area contributed by atoms with Gasteiger partial charge in [0.2, 0.25) is 0 Å². The van der Waals surface area contributed by atoms with Gasteiger partial charge in [-0.15, -0.1) is 0 Å². The Morgan fingerprint density at radius 2 is 1.78 bits per heavy atom. The molecule has 0 radical (unpaired) electrons. The lowest BCUT2D eigenvalue weighted by molar-refractivity contribution is -0.149. The van der Waals surface area contributed by atoms with Crippen molar-refractivity contribution in [1.82, 2.24) is 4.90 Å². The number of nitrogens with zero attached hydrogens (tertiary/aromatic N) is 1. The number of carboxylic acids is 1. The van der Waals surface area contributed by atoms with Crippen molar-refractivity contribution >= 4 is 5.97 Å². The molecular formula is C13H17F2NO2. The van der Waals surface area contributed by atoms with E-state index in [0.29, 0.717) is 12.1 Å². The van der Waals surface area contributed by atoms with Gasteiger partial charge in [-0.3, -0.25) is 9.69 Å². The SMILES string of the molecule is CCN(Cc1cc(F)cc(F)c1)C(C)(C)C(=O)O. The molecule has 0 saturated carbocycles. The fourth-order valence-corrected chi connectivity index (χ4v) is 1.76. The zero-order valence-electron chi connectivity index (χ0n) is 10.7. The minimum Gasteiger partial charge on any atom is -0.480 e. The van der Waals surface area contributed by atoms with Crippen molar-refractivity contribution in [3.8, 4) is 0 Å². The Bertz CT molecular complexity index is 426. The third-order valence-electron chi connectivity index (χ3n) is 2.99. The predicted molar refractivity (Wildman–Crippen MR) is 64.2 cm³/mol.